The number of alkyl halides is 1. The van der Waals surface area contributed by atoms with Gasteiger partial charge in [-0.05, 0) is 24.1 Å². The van der Waals surface area contributed by atoms with Gasteiger partial charge in [-0.15, -0.1) is 0 Å². The van der Waals surface area contributed by atoms with Crippen molar-refractivity contribution in [1.82, 2.24) is 15.3 Å². The molecule has 1 aromatic carbocycles. The summed E-state index contributed by atoms with van der Waals surface area (Å²) in [5, 5.41) is 12.2. The van der Waals surface area contributed by atoms with Gasteiger partial charge >= 0.3 is 0 Å². The molecule has 5 heteroatoms. The standard InChI is InChI=1S/C13H16FN3O/c14-4-3-11(9-18)17-8-10-1-2-12-13(7-10)16-6-5-15-12/h1-2,5-7,11,17-18H,3-4,8-9H2. The molecule has 0 aliphatic heterocycles. The topological polar surface area (TPSA) is 58.0 Å². The van der Waals surface area contributed by atoms with E-state index >= 15 is 0 Å². The summed E-state index contributed by atoms with van der Waals surface area (Å²) in [5.41, 5.74) is 2.73. The summed E-state index contributed by atoms with van der Waals surface area (Å²) >= 11 is 0. The number of aromatic nitrogens is 2. The minimum Gasteiger partial charge on any atom is -0.395 e. The van der Waals surface area contributed by atoms with E-state index in [2.05, 4.69) is 15.3 Å². The highest BCUT2D eigenvalue weighted by Crippen LogP contribution is 2.11. The summed E-state index contributed by atoms with van der Waals surface area (Å²) in [5.74, 6) is 0. The van der Waals surface area contributed by atoms with E-state index in [1.54, 1.807) is 12.4 Å². The molecule has 0 aliphatic carbocycles. The molecule has 2 rings (SSSR count). The zero-order valence-electron chi connectivity index (χ0n) is 10.0. The van der Waals surface area contributed by atoms with Crippen LogP contribution in [-0.4, -0.2) is 34.4 Å². The number of aliphatic hydroxyl groups is 1. The molecule has 0 saturated carbocycles. The second-order valence-electron chi connectivity index (χ2n) is 4.12. The van der Waals surface area contributed by atoms with E-state index in [9.17, 15) is 4.39 Å². The van der Waals surface area contributed by atoms with E-state index in [0.29, 0.717) is 13.0 Å². The normalized spacial score (nSPS) is 12.8. The van der Waals surface area contributed by atoms with Crippen molar-refractivity contribution in [3.05, 3.63) is 36.2 Å². The molecule has 1 heterocycles. The Morgan fingerprint density at radius 2 is 2.00 bits per heavy atom. The summed E-state index contributed by atoms with van der Waals surface area (Å²) in [6.45, 7) is 0.0937. The second kappa shape index (κ2) is 6.37. The summed E-state index contributed by atoms with van der Waals surface area (Å²) in [4.78, 5) is 8.42. The van der Waals surface area contributed by atoms with Crippen LogP contribution in [0.15, 0.2) is 30.6 Å². The van der Waals surface area contributed by atoms with Crippen molar-refractivity contribution in [2.24, 2.45) is 0 Å². The molecule has 0 fully saturated rings. The minimum atomic E-state index is -0.429. The van der Waals surface area contributed by atoms with Crippen LogP contribution in [-0.2, 0) is 6.54 Å². The molecular formula is C13H16FN3O. The third kappa shape index (κ3) is 3.21. The zero-order valence-corrected chi connectivity index (χ0v) is 10.0. The molecule has 0 radical (unpaired) electrons. The number of nitrogens with one attached hydrogen (secondary N) is 1. The average molecular weight is 249 g/mol. The van der Waals surface area contributed by atoms with E-state index in [4.69, 9.17) is 5.11 Å². The Morgan fingerprint density at radius 1 is 1.22 bits per heavy atom. The number of hydrogen-bond acceptors (Lipinski definition) is 4. The van der Waals surface area contributed by atoms with Gasteiger partial charge in [0.1, 0.15) is 0 Å². The predicted molar refractivity (Wildman–Crippen MR) is 67.8 cm³/mol. The van der Waals surface area contributed by atoms with Crippen molar-refractivity contribution >= 4 is 11.0 Å². The number of nitrogens with zero attached hydrogens (tertiary/aromatic N) is 2. The highest BCUT2D eigenvalue weighted by molar-refractivity contribution is 5.74. The summed E-state index contributed by atoms with van der Waals surface area (Å²) in [7, 11) is 0. The Hall–Kier alpha value is -1.59. The quantitative estimate of drug-likeness (QED) is 0.813. The van der Waals surface area contributed by atoms with Gasteiger partial charge in [0.25, 0.3) is 0 Å². The lowest BCUT2D eigenvalue weighted by Gasteiger charge is -2.14. The molecule has 0 bridgehead atoms. The Balaban J connectivity index is 2.03. The molecule has 0 saturated heterocycles. The first-order valence-corrected chi connectivity index (χ1v) is 5.93. The van der Waals surface area contributed by atoms with Crippen molar-refractivity contribution in [2.75, 3.05) is 13.3 Å². The van der Waals surface area contributed by atoms with Crippen molar-refractivity contribution < 1.29 is 9.50 Å². The lowest BCUT2D eigenvalue weighted by Crippen LogP contribution is -2.32. The maximum Gasteiger partial charge on any atom is 0.0910 e. The van der Waals surface area contributed by atoms with Gasteiger partial charge in [0, 0.05) is 25.0 Å². The first kappa shape index (κ1) is 12.9. The molecule has 2 aromatic rings. The maximum atomic E-state index is 12.2. The van der Waals surface area contributed by atoms with Crippen LogP contribution in [0, 0.1) is 0 Å². The van der Waals surface area contributed by atoms with Gasteiger partial charge in [-0.2, -0.15) is 0 Å². The van der Waals surface area contributed by atoms with Crippen LogP contribution in [0.5, 0.6) is 0 Å². The van der Waals surface area contributed by atoms with Gasteiger partial charge in [0.2, 0.25) is 0 Å². The highest BCUT2D eigenvalue weighted by atomic mass is 19.1. The molecule has 4 nitrogen and oxygen atoms in total. The number of rotatable bonds is 6. The van der Waals surface area contributed by atoms with E-state index in [-0.39, 0.29) is 12.6 Å². The largest absolute Gasteiger partial charge is 0.395 e. The fraction of sp³-hybridized carbons (Fsp3) is 0.385. The van der Waals surface area contributed by atoms with Gasteiger partial charge in [-0.25, -0.2) is 0 Å². The summed E-state index contributed by atoms with van der Waals surface area (Å²) in [6.07, 6.45) is 3.63. The summed E-state index contributed by atoms with van der Waals surface area (Å²) < 4.78 is 12.2. The van der Waals surface area contributed by atoms with Gasteiger partial charge in [-0.3, -0.25) is 14.4 Å². The van der Waals surface area contributed by atoms with Crippen LogP contribution in [0.1, 0.15) is 12.0 Å². The van der Waals surface area contributed by atoms with E-state index in [1.807, 2.05) is 18.2 Å². The molecular weight excluding hydrogens is 233 g/mol. The molecule has 18 heavy (non-hydrogen) atoms. The minimum absolute atomic E-state index is 0.0582. The zero-order chi connectivity index (χ0) is 12.8. The van der Waals surface area contributed by atoms with Crippen LogP contribution >= 0.6 is 0 Å². The average Bonchev–Trinajstić information content (AvgIpc) is 2.43. The summed E-state index contributed by atoms with van der Waals surface area (Å²) in [6, 6.07) is 5.60. The second-order valence-corrected chi connectivity index (χ2v) is 4.12. The van der Waals surface area contributed by atoms with Gasteiger partial charge in [0.15, 0.2) is 0 Å². The number of hydrogen-bond donors (Lipinski definition) is 2. The Labute approximate surface area is 105 Å². The first-order chi connectivity index (χ1) is 8.83. The third-order valence-electron chi connectivity index (χ3n) is 2.81. The van der Waals surface area contributed by atoms with Crippen LogP contribution in [0.25, 0.3) is 11.0 Å². The first-order valence-electron chi connectivity index (χ1n) is 5.93. The number of aliphatic hydroxyl groups excluding tert-OH is 1. The molecule has 0 aliphatic rings. The van der Waals surface area contributed by atoms with Crippen molar-refractivity contribution in [3.8, 4) is 0 Å². The van der Waals surface area contributed by atoms with Gasteiger partial charge in [-0.1, -0.05) is 6.07 Å². The molecule has 2 N–H and O–H groups in total. The smallest absolute Gasteiger partial charge is 0.0910 e. The van der Waals surface area contributed by atoms with Crippen LogP contribution in [0.4, 0.5) is 4.39 Å². The SMILES string of the molecule is OCC(CCF)NCc1ccc2nccnc2c1. The molecule has 0 spiro atoms. The van der Waals surface area contributed by atoms with E-state index in [1.165, 1.54) is 0 Å². The Bertz CT molecular complexity index is 506. The maximum absolute atomic E-state index is 12.2. The molecule has 0 amide bonds. The highest BCUT2D eigenvalue weighted by Gasteiger charge is 2.06. The molecule has 1 unspecified atom stereocenters. The molecule has 96 valence electrons. The molecule has 1 atom stereocenters. The fourth-order valence-electron chi connectivity index (χ4n) is 1.77. The Kier molecular flexibility index (Phi) is 4.55. The van der Waals surface area contributed by atoms with Crippen LogP contribution in [0.3, 0.4) is 0 Å². The van der Waals surface area contributed by atoms with Crippen molar-refractivity contribution in [2.45, 2.75) is 19.0 Å². The van der Waals surface area contributed by atoms with Gasteiger partial charge < -0.3 is 10.4 Å². The monoisotopic (exact) mass is 249 g/mol. The number of benzene rings is 1. The van der Waals surface area contributed by atoms with Crippen molar-refractivity contribution in [1.29, 1.82) is 0 Å². The van der Waals surface area contributed by atoms with Crippen LogP contribution < -0.4 is 5.32 Å². The predicted octanol–water partition coefficient (Wildman–Crippen LogP) is 1.44. The lowest BCUT2D eigenvalue weighted by molar-refractivity contribution is 0.225. The molecule has 1 aromatic heterocycles. The number of fused-ring (bicyclic) bond motifs is 1. The van der Waals surface area contributed by atoms with Gasteiger partial charge in [0.05, 0.1) is 24.3 Å². The Morgan fingerprint density at radius 3 is 2.72 bits per heavy atom. The van der Waals surface area contributed by atoms with E-state index < -0.39 is 6.67 Å². The third-order valence-corrected chi connectivity index (χ3v) is 2.81. The van der Waals surface area contributed by atoms with Crippen LogP contribution in [0.2, 0.25) is 0 Å². The van der Waals surface area contributed by atoms with Crippen molar-refractivity contribution in [3.63, 3.8) is 0 Å². The number of halogens is 1. The fourth-order valence-corrected chi connectivity index (χ4v) is 1.77. The van der Waals surface area contributed by atoms with E-state index in [0.717, 1.165) is 16.6 Å². The lowest BCUT2D eigenvalue weighted by atomic mass is 10.1.